The van der Waals surface area contributed by atoms with Crippen molar-refractivity contribution in [1.82, 2.24) is 10.2 Å². The van der Waals surface area contributed by atoms with Gasteiger partial charge in [0.2, 0.25) is 0 Å². The average molecular weight is 363 g/mol. The molecule has 1 aliphatic heterocycles. The van der Waals surface area contributed by atoms with Crippen LogP contribution < -0.4 is 5.32 Å². The highest BCUT2D eigenvalue weighted by molar-refractivity contribution is 7.80. The SMILES string of the molecule is CCCN1C(=S)N[C@@H](c2cccc([N+](=O)[O-])c2)C(C(=O)OCC)=C1C. The fourth-order valence-electron chi connectivity index (χ4n) is 2.82. The second-order valence-electron chi connectivity index (χ2n) is 5.61. The van der Waals surface area contributed by atoms with Crippen LogP contribution in [0.3, 0.4) is 0 Å². The smallest absolute Gasteiger partial charge is 0.338 e. The topological polar surface area (TPSA) is 84.7 Å². The summed E-state index contributed by atoms with van der Waals surface area (Å²) in [5.74, 6) is -0.451. The predicted molar refractivity (Wildman–Crippen MR) is 97.9 cm³/mol. The van der Waals surface area contributed by atoms with Gasteiger partial charge in [-0.3, -0.25) is 10.1 Å². The largest absolute Gasteiger partial charge is 0.463 e. The molecule has 0 bridgehead atoms. The van der Waals surface area contributed by atoms with E-state index in [0.29, 0.717) is 28.5 Å². The number of allylic oxidation sites excluding steroid dienone is 1. The second-order valence-corrected chi connectivity index (χ2v) is 5.99. The van der Waals surface area contributed by atoms with Crippen molar-refractivity contribution in [2.75, 3.05) is 13.2 Å². The first-order chi connectivity index (χ1) is 11.9. The van der Waals surface area contributed by atoms with Gasteiger partial charge in [0.15, 0.2) is 5.11 Å². The third-order valence-electron chi connectivity index (χ3n) is 3.95. The number of carbonyl (C=O) groups excluding carboxylic acids is 1. The molecule has 134 valence electrons. The molecule has 0 fully saturated rings. The van der Waals surface area contributed by atoms with Crippen LogP contribution in [0.4, 0.5) is 5.69 Å². The number of rotatable bonds is 6. The van der Waals surface area contributed by atoms with Crippen LogP contribution in [0, 0.1) is 10.1 Å². The van der Waals surface area contributed by atoms with Gasteiger partial charge in [-0.05, 0) is 38.0 Å². The molecule has 0 aromatic heterocycles. The Labute approximate surface area is 151 Å². The molecule has 0 saturated heterocycles. The molecule has 1 aliphatic rings. The van der Waals surface area contributed by atoms with E-state index in [1.165, 1.54) is 12.1 Å². The number of esters is 1. The standard InChI is InChI=1S/C17H21N3O4S/c1-4-9-19-11(3)14(16(21)24-5-2)15(18-17(19)25)12-7-6-8-13(10-12)20(22)23/h6-8,10,15H,4-5,9H2,1-3H3,(H,18,25)/t15-/m0/s1. The Morgan fingerprint density at radius 2 is 2.16 bits per heavy atom. The fraction of sp³-hybridized carbons (Fsp3) is 0.412. The first-order valence-corrected chi connectivity index (χ1v) is 8.51. The van der Waals surface area contributed by atoms with E-state index in [1.807, 2.05) is 18.7 Å². The van der Waals surface area contributed by atoms with Gasteiger partial charge in [-0.2, -0.15) is 0 Å². The Bertz CT molecular complexity index is 732. The van der Waals surface area contributed by atoms with E-state index < -0.39 is 16.9 Å². The number of hydrogen-bond acceptors (Lipinski definition) is 5. The lowest BCUT2D eigenvalue weighted by Crippen LogP contribution is -2.48. The van der Waals surface area contributed by atoms with E-state index >= 15 is 0 Å². The molecule has 8 heteroatoms. The Morgan fingerprint density at radius 1 is 1.44 bits per heavy atom. The summed E-state index contributed by atoms with van der Waals surface area (Å²) >= 11 is 5.43. The van der Waals surface area contributed by atoms with Crippen molar-refractivity contribution in [1.29, 1.82) is 0 Å². The van der Waals surface area contributed by atoms with E-state index in [-0.39, 0.29) is 12.3 Å². The van der Waals surface area contributed by atoms with Crippen LogP contribution in [0.15, 0.2) is 35.5 Å². The van der Waals surface area contributed by atoms with Gasteiger partial charge in [0.05, 0.1) is 23.1 Å². The maximum Gasteiger partial charge on any atom is 0.338 e. The molecule has 7 nitrogen and oxygen atoms in total. The lowest BCUT2D eigenvalue weighted by Gasteiger charge is -2.37. The number of non-ortho nitro benzene ring substituents is 1. The minimum atomic E-state index is -0.584. The summed E-state index contributed by atoms with van der Waals surface area (Å²) in [5.41, 5.74) is 1.68. The summed E-state index contributed by atoms with van der Waals surface area (Å²) in [4.78, 5) is 25.0. The van der Waals surface area contributed by atoms with E-state index in [1.54, 1.807) is 19.1 Å². The van der Waals surface area contributed by atoms with Crippen molar-refractivity contribution in [3.8, 4) is 0 Å². The quantitative estimate of drug-likeness (QED) is 0.360. The summed E-state index contributed by atoms with van der Waals surface area (Å²) in [5, 5.41) is 14.7. The zero-order chi connectivity index (χ0) is 18.6. The Hall–Kier alpha value is -2.48. The van der Waals surface area contributed by atoms with Gasteiger partial charge in [0.1, 0.15) is 0 Å². The number of thiocarbonyl (C=S) groups is 1. The average Bonchev–Trinajstić information content (AvgIpc) is 2.58. The van der Waals surface area contributed by atoms with Crippen LogP contribution in [-0.2, 0) is 9.53 Å². The summed E-state index contributed by atoms with van der Waals surface area (Å²) in [6, 6.07) is 5.60. The molecule has 0 radical (unpaired) electrons. The highest BCUT2D eigenvalue weighted by atomic mass is 32.1. The Kier molecular flexibility index (Phi) is 6.08. The third kappa shape index (κ3) is 3.96. The van der Waals surface area contributed by atoms with E-state index in [4.69, 9.17) is 17.0 Å². The van der Waals surface area contributed by atoms with Crippen molar-refractivity contribution in [2.24, 2.45) is 0 Å². The van der Waals surface area contributed by atoms with Crippen molar-refractivity contribution in [2.45, 2.75) is 33.2 Å². The van der Waals surface area contributed by atoms with Gasteiger partial charge in [-0.15, -0.1) is 0 Å². The molecule has 1 N–H and O–H groups in total. The molecule has 1 heterocycles. The molecule has 2 rings (SSSR count). The van der Waals surface area contributed by atoms with E-state index in [0.717, 1.165) is 6.42 Å². The maximum absolute atomic E-state index is 12.5. The second kappa shape index (κ2) is 8.06. The predicted octanol–water partition coefficient (Wildman–Crippen LogP) is 3.07. The zero-order valence-electron chi connectivity index (χ0n) is 14.4. The molecule has 0 unspecified atom stereocenters. The molecular formula is C17H21N3O4S. The van der Waals surface area contributed by atoms with Gasteiger partial charge in [-0.25, -0.2) is 4.79 Å². The van der Waals surface area contributed by atoms with Gasteiger partial charge in [0.25, 0.3) is 5.69 Å². The minimum Gasteiger partial charge on any atom is -0.463 e. The van der Waals surface area contributed by atoms with Crippen LogP contribution >= 0.6 is 12.2 Å². The normalized spacial score (nSPS) is 17.3. The Balaban J connectivity index is 2.54. The molecule has 0 spiro atoms. The highest BCUT2D eigenvalue weighted by Crippen LogP contribution is 2.32. The first kappa shape index (κ1) is 18.9. The number of nitrogens with zero attached hydrogens (tertiary/aromatic N) is 2. The van der Waals surface area contributed by atoms with Crippen molar-refractivity contribution >= 4 is 29.0 Å². The van der Waals surface area contributed by atoms with Gasteiger partial charge >= 0.3 is 5.97 Å². The van der Waals surface area contributed by atoms with Crippen LogP contribution in [0.25, 0.3) is 0 Å². The van der Waals surface area contributed by atoms with Crippen LogP contribution in [0.1, 0.15) is 38.8 Å². The van der Waals surface area contributed by atoms with Crippen molar-refractivity contribution in [3.63, 3.8) is 0 Å². The van der Waals surface area contributed by atoms with Crippen molar-refractivity contribution < 1.29 is 14.5 Å². The van der Waals surface area contributed by atoms with Gasteiger partial charge in [-0.1, -0.05) is 19.1 Å². The summed E-state index contributed by atoms with van der Waals surface area (Å²) in [6.45, 7) is 6.49. The molecule has 1 aromatic rings. The number of carbonyl (C=O) groups is 1. The third-order valence-corrected chi connectivity index (χ3v) is 4.29. The summed E-state index contributed by atoms with van der Waals surface area (Å²) in [7, 11) is 0. The van der Waals surface area contributed by atoms with Crippen LogP contribution in [-0.4, -0.2) is 34.1 Å². The zero-order valence-corrected chi connectivity index (χ0v) is 15.3. The van der Waals surface area contributed by atoms with E-state index in [2.05, 4.69) is 5.32 Å². The minimum absolute atomic E-state index is 0.0398. The molecule has 1 aromatic carbocycles. The summed E-state index contributed by atoms with van der Waals surface area (Å²) < 4.78 is 5.20. The van der Waals surface area contributed by atoms with Gasteiger partial charge in [0, 0.05) is 24.4 Å². The fourth-order valence-corrected chi connectivity index (χ4v) is 3.16. The number of hydrogen-bond donors (Lipinski definition) is 1. The van der Waals surface area contributed by atoms with Crippen LogP contribution in [0.2, 0.25) is 0 Å². The molecule has 1 atom stereocenters. The van der Waals surface area contributed by atoms with Crippen LogP contribution in [0.5, 0.6) is 0 Å². The molecular weight excluding hydrogens is 342 g/mol. The lowest BCUT2D eigenvalue weighted by molar-refractivity contribution is -0.384. The molecule has 0 amide bonds. The monoisotopic (exact) mass is 363 g/mol. The van der Waals surface area contributed by atoms with E-state index in [9.17, 15) is 14.9 Å². The molecule has 25 heavy (non-hydrogen) atoms. The van der Waals surface area contributed by atoms with Gasteiger partial charge < -0.3 is 15.0 Å². The number of nitrogens with one attached hydrogen (secondary N) is 1. The molecule has 0 saturated carbocycles. The molecule has 0 aliphatic carbocycles. The lowest BCUT2D eigenvalue weighted by atomic mass is 9.94. The number of benzene rings is 1. The number of ether oxygens (including phenoxy) is 1. The first-order valence-electron chi connectivity index (χ1n) is 8.10. The number of nitro benzene ring substituents is 1. The van der Waals surface area contributed by atoms with Crippen molar-refractivity contribution in [3.05, 3.63) is 51.2 Å². The highest BCUT2D eigenvalue weighted by Gasteiger charge is 2.34. The maximum atomic E-state index is 12.5. The number of nitro groups is 1. The Morgan fingerprint density at radius 3 is 2.76 bits per heavy atom. The summed E-state index contributed by atoms with van der Waals surface area (Å²) in [6.07, 6.45) is 0.858.